The highest BCUT2D eigenvalue weighted by molar-refractivity contribution is 6.35. The molecule has 0 bridgehead atoms. The monoisotopic (exact) mass is 332 g/mol. The SMILES string of the molecule is Clc1ccc([C@H]2C=C(c3ccco3)Nc3ncnn32)c(Cl)c1. The van der Waals surface area contributed by atoms with E-state index in [-0.39, 0.29) is 6.04 Å². The molecule has 0 spiro atoms. The molecular weight excluding hydrogens is 323 g/mol. The molecule has 0 radical (unpaired) electrons. The minimum atomic E-state index is -0.191. The van der Waals surface area contributed by atoms with E-state index >= 15 is 0 Å². The van der Waals surface area contributed by atoms with Crippen molar-refractivity contribution in [3.8, 4) is 0 Å². The Morgan fingerprint density at radius 3 is 2.91 bits per heavy atom. The van der Waals surface area contributed by atoms with Crippen LogP contribution in [0.1, 0.15) is 17.4 Å². The van der Waals surface area contributed by atoms with Crippen LogP contribution < -0.4 is 5.32 Å². The van der Waals surface area contributed by atoms with E-state index in [1.165, 1.54) is 6.33 Å². The molecule has 7 heteroatoms. The van der Waals surface area contributed by atoms with Crippen LogP contribution in [0.25, 0.3) is 5.70 Å². The number of nitrogens with one attached hydrogen (secondary N) is 1. The average molecular weight is 333 g/mol. The lowest BCUT2D eigenvalue weighted by atomic mass is 10.0. The summed E-state index contributed by atoms with van der Waals surface area (Å²) in [6, 6.07) is 8.94. The number of fused-ring (bicyclic) bond motifs is 1. The van der Waals surface area contributed by atoms with Crippen LogP contribution >= 0.6 is 23.2 Å². The molecule has 1 aromatic carbocycles. The van der Waals surface area contributed by atoms with Crippen molar-refractivity contribution in [3.05, 3.63) is 70.4 Å². The number of anilines is 1. The van der Waals surface area contributed by atoms with Crippen LogP contribution in [-0.4, -0.2) is 14.8 Å². The summed E-state index contributed by atoms with van der Waals surface area (Å²) in [6.45, 7) is 0. The second kappa shape index (κ2) is 5.19. The predicted octanol–water partition coefficient (Wildman–Crippen LogP) is 4.23. The van der Waals surface area contributed by atoms with Gasteiger partial charge in [-0.1, -0.05) is 29.3 Å². The first-order valence-corrected chi connectivity index (χ1v) is 7.35. The van der Waals surface area contributed by atoms with Gasteiger partial charge in [0.1, 0.15) is 18.1 Å². The Bertz CT molecular complexity index is 854. The van der Waals surface area contributed by atoms with Gasteiger partial charge in [-0.2, -0.15) is 10.1 Å². The highest BCUT2D eigenvalue weighted by Crippen LogP contribution is 2.35. The van der Waals surface area contributed by atoms with E-state index in [0.29, 0.717) is 16.0 Å². The van der Waals surface area contributed by atoms with Gasteiger partial charge in [-0.05, 0) is 35.9 Å². The maximum Gasteiger partial charge on any atom is 0.226 e. The van der Waals surface area contributed by atoms with E-state index in [9.17, 15) is 0 Å². The van der Waals surface area contributed by atoms with E-state index in [4.69, 9.17) is 27.6 Å². The zero-order valence-electron chi connectivity index (χ0n) is 11.2. The van der Waals surface area contributed by atoms with Crippen LogP contribution in [0, 0.1) is 0 Å². The molecule has 0 aliphatic carbocycles. The Morgan fingerprint density at radius 1 is 1.23 bits per heavy atom. The fourth-order valence-electron chi connectivity index (χ4n) is 2.47. The predicted molar refractivity (Wildman–Crippen MR) is 84.9 cm³/mol. The second-order valence-corrected chi connectivity index (χ2v) is 5.67. The zero-order valence-corrected chi connectivity index (χ0v) is 12.7. The van der Waals surface area contributed by atoms with Crippen molar-refractivity contribution in [2.75, 3.05) is 5.32 Å². The third-order valence-electron chi connectivity index (χ3n) is 3.48. The molecule has 22 heavy (non-hydrogen) atoms. The van der Waals surface area contributed by atoms with Crippen molar-refractivity contribution < 1.29 is 4.42 Å². The van der Waals surface area contributed by atoms with Crippen LogP contribution in [0.2, 0.25) is 10.0 Å². The summed E-state index contributed by atoms with van der Waals surface area (Å²) < 4.78 is 7.22. The van der Waals surface area contributed by atoms with Gasteiger partial charge in [-0.3, -0.25) is 0 Å². The number of halogens is 2. The van der Waals surface area contributed by atoms with Gasteiger partial charge < -0.3 is 9.73 Å². The summed E-state index contributed by atoms with van der Waals surface area (Å²) in [6.07, 6.45) is 5.12. The van der Waals surface area contributed by atoms with Crippen molar-refractivity contribution in [1.82, 2.24) is 14.8 Å². The quantitative estimate of drug-likeness (QED) is 0.762. The van der Waals surface area contributed by atoms with Crippen LogP contribution in [-0.2, 0) is 0 Å². The van der Waals surface area contributed by atoms with Gasteiger partial charge in [0.2, 0.25) is 5.95 Å². The number of nitrogens with zero attached hydrogens (tertiary/aromatic N) is 3. The molecule has 1 aliphatic heterocycles. The van der Waals surface area contributed by atoms with Gasteiger partial charge in [-0.15, -0.1) is 0 Å². The normalized spacial score (nSPS) is 16.8. The van der Waals surface area contributed by atoms with Crippen molar-refractivity contribution in [2.24, 2.45) is 0 Å². The minimum Gasteiger partial charge on any atom is -0.463 e. The van der Waals surface area contributed by atoms with Gasteiger partial charge in [0.05, 0.1) is 12.0 Å². The number of aromatic nitrogens is 3. The highest BCUT2D eigenvalue weighted by Gasteiger charge is 2.25. The summed E-state index contributed by atoms with van der Waals surface area (Å²) in [5, 5.41) is 8.64. The molecule has 3 heterocycles. The van der Waals surface area contributed by atoms with E-state index in [0.717, 1.165) is 17.0 Å². The number of benzene rings is 1. The Kier molecular flexibility index (Phi) is 3.17. The topological polar surface area (TPSA) is 55.9 Å². The molecule has 2 aromatic heterocycles. The largest absolute Gasteiger partial charge is 0.463 e. The number of rotatable bonds is 2. The standard InChI is InChI=1S/C15H10Cl2N4O/c16-9-3-4-10(11(17)6-9)13-7-12(14-2-1-5-22-14)20-15-18-8-19-21(13)15/h1-8,13H,(H,18,19,20)/t13-/m1/s1. The van der Waals surface area contributed by atoms with E-state index in [2.05, 4.69) is 15.4 Å². The number of hydrogen-bond donors (Lipinski definition) is 1. The number of furan rings is 1. The van der Waals surface area contributed by atoms with Gasteiger partial charge in [0, 0.05) is 10.0 Å². The Labute approximate surface area is 136 Å². The molecule has 0 unspecified atom stereocenters. The summed E-state index contributed by atoms with van der Waals surface area (Å²) in [5.74, 6) is 1.36. The highest BCUT2D eigenvalue weighted by atomic mass is 35.5. The van der Waals surface area contributed by atoms with E-state index in [1.807, 2.05) is 30.3 Å². The van der Waals surface area contributed by atoms with Crippen molar-refractivity contribution >= 4 is 34.8 Å². The molecular formula is C15H10Cl2N4O. The average Bonchev–Trinajstić information content (AvgIpc) is 3.18. The second-order valence-electron chi connectivity index (χ2n) is 4.82. The Morgan fingerprint density at radius 2 is 2.14 bits per heavy atom. The lowest BCUT2D eigenvalue weighted by Crippen LogP contribution is -2.20. The molecule has 4 rings (SSSR count). The number of allylic oxidation sites excluding steroid dienone is 1. The molecule has 3 aromatic rings. The smallest absolute Gasteiger partial charge is 0.226 e. The first-order chi connectivity index (χ1) is 10.7. The maximum absolute atomic E-state index is 6.35. The summed E-state index contributed by atoms with van der Waals surface area (Å²) in [4.78, 5) is 4.23. The molecule has 1 N–H and O–H groups in total. The molecule has 0 saturated heterocycles. The summed E-state index contributed by atoms with van der Waals surface area (Å²) in [7, 11) is 0. The van der Waals surface area contributed by atoms with Crippen molar-refractivity contribution in [1.29, 1.82) is 0 Å². The molecule has 0 saturated carbocycles. The lowest BCUT2D eigenvalue weighted by Gasteiger charge is -2.24. The summed E-state index contributed by atoms with van der Waals surface area (Å²) >= 11 is 12.3. The van der Waals surface area contributed by atoms with Crippen molar-refractivity contribution in [2.45, 2.75) is 6.04 Å². The van der Waals surface area contributed by atoms with Gasteiger partial charge >= 0.3 is 0 Å². The van der Waals surface area contributed by atoms with Gasteiger partial charge in [-0.25, -0.2) is 4.68 Å². The Balaban J connectivity index is 1.86. The van der Waals surface area contributed by atoms with E-state index < -0.39 is 0 Å². The van der Waals surface area contributed by atoms with Crippen LogP contribution in [0.4, 0.5) is 5.95 Å². The molecule has 110 valence electrons. The van der Waals surface area contributed by atoms with Crippen LogP contribution in [0.5, 0.6) is 0 Å². The fraction of sp³-hybridized carbons (Fsp3) is 0.0667. The molecule has 5 nitrogen and oxygen atoms in total. The van der Waals surface area contributed by atoms with Crippen LogP contribution in [0.15, 0.2) is 53.4 Å². The molecule has 1 aliphatic rings. The fourth-order valence-corrected chi connectivity index (χ4v) is 2.99. The minimum absolute atomic E-state index is 0.191. The molecule has 0 amide bonds. The van der Waals surface area contributed by atoms with Crippen LogP contribution in [0.3, 0.4) is 0 Å². The third kappa shape index (κ3) is 2.19. The van der Waals surface area contributed by atoms with Gasteiger partial charge in [0.15, 0.2) is 0 Å². The Hall–Kier alpha value is -2.24. The summed E-state index contributed by atoms with van der Waals surface area (Å²) in [5.41, 5.74) is 1.71. The first kappa shape index (κ1) is 13.4. The first-order valence-electron chi connectivity index (χ1n) is 6.59. The molecule has 1 atom stereocenters. The van der Waals surface area contributed by atoms with Gasteiger partial charge in [0.25, 0.3) is 0 Å². The van der Waals surface area contributed by atoms with Crippen molar-refractivity contribution in [3.63, 3.8) is 0 Å². The van der Waals surface area contributed by atoms with E-state index in [1.54, 1.807) is 17.0 Å². The number of hydrogen-bond acceptors (Lipinski definition) is 4. The third-order valence-corrected chi connectivity index (χ3v) is 4.04. The lowest BCUT2D eigenvalue weighted by molar-refractivity contribution is 0.547. The molecule has 0 fully saturated rings. The maximum atomic E-state index is 6.35. The zero-order chi connectivity index (χ0) is 15.1.